The lowest BCUT2D eigenvalue weighted by atomic mass is 10.0. The van der Waals surface area contributed by atoms with Crippen LogP contribution in [0.15, 0.2) is 0 Å². The first-order valence-electron chi connectivity index (χ1n) is 3.42. The molecule has 0 nitrogen and oxygen atoms in total. The van der Waals surface area contributed by atoms with Crippen LogP contribution in [0.3, 0.4) is 0 Å². The van der Waals surface area contributed by atoms with Gasteiger partial charge in [-0.05, 0) is 12.3 Å². The van der Waals surface area contributed by atoms with Gasteiger partial charge < -0.3 is 0 Å². The van der Waals surface area contributed by atoms with Crippen LogP contribution in [0.4, 0.5) is 0 Å². The number of hydrogen-bond acceptors (Lipinski definition) is 0. The van der Waals surface area contributed by atoms with E-state index in [0.29, 0.717) is 4.83 Å². The Morgan fingerprint density at radius 1 is 1.44 bits per heavy atom. The number of rotatable bonds is 4. The van der Waals surface area contributed by atoms with Crippen molar-refractivity contribution < 1.29 is 0 Å². The normalized spacial score (nSPS) is 17.3. The van der Waals surface area contributed by atoms with Crippen LogP contribution in [0.5, 0.6) is 0 Å². The quantitative estimate of drug-likeness (QED) is 0.676. The monoisotopic (exact) mass is 256 g/mol. The van der Waals surface area contributed by atoms with E-state index < -0.39 is 0 Å². The van der Waals surface area contributed by atoms with Gasteiger partial charge in [0.2, 0.25) is 0 Å². The second-order valence-corrected chi connectivity index (χ2v) is 4.47. The molecule has 0 spiro atoms. The fourth-order valence-corrected chi connectivity index (χ4v) is 2.64. The van der Waals surface area contributed by atoms with Gasteiger partial charge in [-0.2, -0.15) is 0 Å². The molecule has 0 aliphatic carbocycles. The van der Waals surface area contributed by atoms with Gasteiger partial charge in [0.25, 0.3) is 0 Å². The Morgan fingerprint density at radius 3 is 2.11 bits per heavy atom. The average molecular weight is 258 g/mol. The van der Waals surface area contributed by atoms with Crippen LogP contribution in [-0.4, -0.2) is 10.2 Å². The molecule has 0 aliphatic rings. The van der Waals surface area contributed by atoms with E-state index in [4.69, 9.17) is 0 Å². The molecule has 2 unspecified atom stereocenters. The standard InChI is InChI=1S/C7H14Br2/c1-3-4-7(5-8)6(2)9/h6-7H,3-5H2,1-2H3. The van der Waals surface area contributed by atoms with Crippen LogP contribution in [0.1, 0.15) is 26.7 Å². The number of halogens is 2. The third kappa shape index (κ3) is 4.38. The summed E-state index contributed by atoms with van der Waals surface area (Å²) >= 11 is 7.06. The molecule has 2 heteroatoms. The van der Waals surface area contributed by atoms with Crippen LogP contribution in [0.25, 0.3) is 0 Å². The molecule has 0 fully saturated rings. The SMILES string of the molecule is CCCC(CBr)C(C)Br. The molecule has 0 aliphatic heterocycles. The first kappa shape index (κ1) is 9.96. The van der Waals surface area contributed by atoms with E-state index in [1.165, 1.54) is 12.8 Å². The summed E-state index contributed by atoms with van der Waals surface area (Å²) in [6.45, 7) is 4.44. The molecule has 0 heterocycles. The first-order chi connectivity index (χ1) is 4.22. The molecule has 0 aromatic rings. The minimum atomic E-state index is 0.650. The molecule has 0 saturated heterocycles. The van der Waals surface area contributed by atoms with Crippen molar-refractivity contribution >= 4 is 31.9 Å². The highest BCUT2D eigenvalue weighted by atomic mass is 79.9. The molecule has 56 valence electrons. The lowest BCUT2D eigenvalue weighted by Gasteiger charge is -2.14. The van der Waals surface area contributed by atoms with Gasteiger partial charge in [0.15, 0.2) is 0 Å². The summed E-state index contributed by atoms with van der Waals surface area (Å²) in [6, 6.07) is 0. The van der Waals surface area contributed by atoms with Gasteiger partial charge >= 0.3 is 0 Å². The van der Waals surface area contributed by atoms with Crippen molar-refractivity contribution in [2.24, 2.45) is 5.92 Å². The van der Waals surface area contributed by atoms with E-state index in [9.17, 15) is 0 Å². The van der Waals surface area contributed by atoms with Gasteiger partial charge in [-0.15, -0.1) is 0 Å². The van der Waals surface area contributed by atoms with Gasteiger partial charge in [-0.25, -0.2) is 0 Å². The predicted molar refractivity (Wildman–Crippen MR) is 50.6 cm³/mol. The molecule has 0 radical (unpaired) electrons. The maximum Gasteiger partial charge on any atom is 0.0153 e. The summed E-state index contributed by atoms with van der Waals surface area (Å²) in [5, 5.41) is 1.12. The molecule has 0 saturated carbocycles. The second-order valence-electron chi connectivity index (χ2n) is 2.38. The molecule has 0 aromatic heterocycles. The van der Waals surface area contributed by atoms with Crippen LogP contribution in [0, 0.1) is 5.92 Å². The van der Waals surface area contributed by atoms with Crippen LogP contribution >= 0.6 is 31.9 Å². The van der Waals surface area contributed by atoms with Crippen molar-refractivity contribution in [3.8, 4) is 0 Å². The van der Waals surface area contributed by atoms with Gasteiger partial charge in [-0.3, -0.25) is 0 Å². The third-order valence-corrected chi connectivity index (χ3v) is 3.09. The molecule has 0 aromatic carbocycles. The molecule has 0 N–H and O–H groups in total. The minimum Gasteiger partial charge on any atom is -0.0925 e. The van der Waals surface area contributed by atoms with Crippen molar-refractivity contribution in [3.05, 3.63) is 0 Å². The Balaban J connectivity index is 3.41. The largest absolute Gasteiger partial charge is 0.0925 e. The lowest BCUT2D eigenvalue weighted by Crippen LogP contribution is -2.11. The summed E-state index contributed by atoms with van der Waals surface area (Å²) in [5.41, 5.74) is 0. The van der Waals surface area contributed by atoms with E-state index >= 15 is 0 Å². The average Bonchev–Trinajstić information content (AvgIpc) is 1.82. The van der Waals surface area contributed by atoms with Crippen LogP contribution in [0.2, 0.25) is 0 Å². The Kier molecular flexibility index (Phi) is 6.33. The summed E-state index contributed by atoms with van der Waals surface area (Å²) in [7, 11) is 0. The highest BCUT2D eigenvalue weighted by molar-refractivity contribution is 9.10. The second kappa shape index (κ2) is 5.72. The Labute approximate surface area is 74.7 Å². The van der Waals surface area contributed by atoms with Crippen molar-refractivity contribution in [3.63, 3.8) is 0 Å². The Hall–Kier alpha value is 0.960. The van der Waals surface area contributed by atoms with Crippen LogP contribution < -0.4 is 0 Å². The van der Waals surface area contributed by atoms with E-state index in [1.807, 2.05) is 0 Å². The zero-order chi connectivity index (χ0) is 7.28. The molecular weight excluding hydrogens is 244 g/mol. The van der Waals surface area contributed by atoms with Crippen LogP contribution in [-0.2, 0) is 0 Å². The maximum atomic E-state index is 3.57. The Morgan fingerprint density at radius 2 is 2.00 bits per heavy atom. The highest BCUT2D eigenvalue weighted by Gasteiger charge is 2.10. The minimum absolute atomic E-state index is 0.650. The molecule has 9 heavy (non-hydrogen) atoms. The molecular formula is C7H14Br2. The van der Waals surface area contributed by atoms with E-state index in [-0.39, 0.29) is 0 Å². The van der Waals surface area contributed by atoms with Gasteiger partial charge in [-0.1, -0.05) is 52.1 Å². The first-order valence-corrected chi connectivity index (χ1v) is 5.46. The number of alkyl halides is 2. The van der Waals surface area contributed by atoms with Gasteiger partial charge in [0.1, 0.15) is 0 Å². The summed E-state index contributed by atoms with van der Waals surface area (Å²) in [5.74, 6) is 0.801. The van der Waals surface area contributed by atoms with Crippen molar-refractivity contribution in [2.75, 3.05) is 5.33 Å². The smallest absolute Gasteiger partial charge is 0.0153 e. The fourth-order valence-electron chi connectivity index (χ4n) is 0.800. The molecule has 0 bridgehead atoms. The summed E-state index contributed by atoms with van der Waals surface area (Å²) < 4.78 is 0. The zero-order valence-corrected chi connectivity index (χ0v) is 9.20. The Bertz CT molecular complexity index is 61.9. The van der Waals surface area contributed by atoms with E-state index in [1.54, 1.807) is 0 Å². The summed E-state index contributed by atoms with van der Waals surface area (Å²) in [6.07, 6.45) is 2.60. The van der Waals surface area contributed by atoms with Crippen molar-refractivity contribution in [1.82, 2.24) is 0 Å². The fraction of sp³-hybridized carbons (Fsp3) is 1.00. The predicted octanol–water partition coefficient (Wildman–Crippen LogP) is 3.58. The van der Waals surface area contributed by atoms with Crippen molar-refractivity contribution in [2.45, 2.75) is 31.5 Å². The zero-order valence-electron chi connectivity index (χ0n) is 6.03. The lowest BCUT2D eigenvalue weighted by molar-refractivity contribution is 0.538. The third-order valence-electron chi connectivity index (χ3n) is 1.51. The van der Waals surface area contributed by atoms with E-state index in [2.05, 4.69) is 45.7 Å². The van der Waals surface area contributed by atoms with Gasteiger partial charge in [0, 0.05) is 10.2 Å². The van der Waals surface area contributed by atoms with Gasteiger partial charge in [0.05, 0.1) is 0 Å². The molecule has 0 rings (SSSR count). The summed E-state index contributed by atoms with van der Waals surface area (Å²) in [4.78, 5) is 0.650. The topological polar surface area (TPSA) is 0 Å². The number of hydrogen-bond donors (Lipinski definition) is 0. The maximum absolute atomic E-state index is 3.57. The molecule has 0 amide bonds. The molecule has 2 atom stereocenters. The highest BCUT2D eigenvalue weighted by Crippen LogP contribution is 2.19. The van der Waals surface area contributed by atoms with E-state index in [0.717, 1.165) is 11.2 Å². The van der Waals surface area contributed by atoms with Crippen molar-refractivity contribution in [1.29, 1.82) is 0 Å².